The molecule has 0 atom stereocenters. The average molecular weight is 567 g/mol. The van der Waals surface area contributed by atoms with E-state index in [0.717, 1.165) is 71.2 Å². The minimum Gasteiger partial charge on any atom is -0.496 e. The van der Waals surface area contributed by atoms with Gasteiger partial charge in [0, 0.05) is 50.0 Å². The highest BCUT2D eigenvalue weighted by Crippen LogP contribution is 2.35. The van der Waals surface area contributed by atoms with Gasteiger partial charge in [0.1, 0.15) is 11.6 Å². The molecule has 5 aromatic rings. The minimum absolute atomic E-state index is 0.139. The molecule has 214 valence electrons. The highest BCUT2D eigenvalue weighted by Gasteiger charge is 2.19. The molecule has 3 aromatic heterocycles. The number of nitrogen functional groups attached to an aromatic ring is 1. The maximum Gasteiger partial charge on any atom is 0.255 e. The van der Waals surface area contributed by atoms with Gasteiger partial charge >= 0.3 is 0 Å². The van der Waals surface area contributed by atoms with Gasteiger partial charge in [0.25, 0.3) is 5.91 Å². The van der Waals surface area contributed by atoms with E-state index >= 15 is 0 Å². The summed E-state index contributed by atoms with van der Waals surface area (Å²) in [7, 11) is 3.58. The number of methoxy groups -OCH3 is 1. The van der Waals surface area contributed by atoms with Gasteiger partial charge < -0.3 is 25.6 Å². The van der Waals surface area contributed by atoms with Gasteiger partial charge in [-0.05, 0) is 42.9 Å². The van der Waals surface area contributed by atoms with Crippen LogP contribution in [-0.4, -0.2) is 71.3 Å². The molecule has 1 saturated heterocycles. The number of piperazine rings is 1. The Morgan fingerprint density at radius 1 is 1.05 bits per heavy atom. The number of rotatable bonds is 7. The van der Waals surface area contributed by atoms with Gasteiger partial charge in [-0.25, -0.2) is 4.39 Å². The van der Waals surface area contributed by atoms with Gasteiger partial charge in [-0.1, -0.05) is 24.3 Å². The number of ether oxygens (including phenoxy) is 1. The summed E-state index contributed by atoms with van der Waals surface area (Å²) in [6.45, 7) is 4.26. The number of carbonyl (C=O) groups excluding carboxylic acids is 1. The minimum atomic E-state index is -0.507. The fourth-order valence-electron chi connectivity index (χ4n) is 5.17. The molecule has 1 fully saturated rings. The van der Waals surface area contributed by atoms with E-state index in [4.69, 9.17) is 20.4 Å². The first-order valence-corrected chi connectivity index (χ1v) is 13.6. The molecule has 0 bridgehead atoms. The van der Waals surface area contributed by atoms with Crippen LogP contribution in [0.25, 0.3) is 33.4 Å². The monoisotopic (exact) mass is 566 g/mol. The molecule has 0 saturated carbocycles. The molecule has 4 N–H and O–H groups in total. The summed E-state index contributed by atoms with van der Waals surface area (Å²) < 4.78 is 18.9. The van der Waals surface area contributed by atoms with E-state index in [2.05, 4.69) is 38.4 Å². The summed E-state index contributed by atoms with van der Waals surface area (Å²) in [5.74, 6) is -0.275. The molecule has 1 amide bonds. The number of amides is 1. The number of nitrogens with zero attached hydrogens (tertiary/aromatic N) is 5. The van der Waals surface area contributed by atoms with Crippen LogP contribution in [0.1, 0.15) is 15.9 Å². The van der Waals surface area contributed by atoms with Gasteiger partial charge in [0.15, 0.2) is 5.82 Å². The fraction of sp³-hybridized carbons (Fsp3) is 0.226. The number of hydrogen-bond donors (Lipinski definition) is 3. The second kappa shape index (κ2) is 11.5. The molecule has 0 unspecified atom stereocenters. The number of likely N-dealkylation sites (N-methyl/N-ethyl adjacent to an activating group) is 1. The van der Waals surface area contributed by atoms with Crippen LogP contribution in [0.4, 0.5) is 15.9 Å². The van der Waals surface area contributed by atoms with Crippen LogP contribution >= 0.6 is 0 Å². The van der Waals surface area contributed by atoms with Crippen molar-refractivity contribution in [3.05, 3.63) is 83.9 Å². The van der Waals surface area contributed by atoms with Gasteiger partial charge in [-0.3, -0.25) is 19.9 Å². The predicted octanol–water partition coefficient (Wildman–Crippen LogP) is 4.10. The maximum atomic E-state index is 13.7. The average Bonchev–Trinajstić information content (AvgIpc) is 3.41. The van der Waals surface area contributed by atoms with Crippen LogP contribution in [0.5, 0.6) is 5.75 Å². The standard InChI is InChI=1S/C31H31FN8O2/c1-39-11-13-40(14-12-39)22-8-9-25(34-17-22)24-18-35-28(27-29(24)37-38-30(27)33)20-5-3-19(4-6-20)16-36-31(41)23-15-21(32)7-10-26(23)42-2/h3-10,15,17-18H,11-14,16H2,1-2H3,(H,36,41)(H3,33,37,38). The zero-order valence-electron chi connectivity index (χ0n) is 23.4. The van der Waals surface area contributed by atoms with Crippen LogP contribution in [0, 0.1) is 5.82 Å². The smallest absolute Gasteiger partial charge is 0.255 e. The van der Waals surface area contributed by atoms with Crippen LogP contribution < -0.4 is 20.7 Å². The zero-order chi connectivity index (χ0) is 29.2. The SMILES string of the molecule is COc1ccc(F)cc1C(=O)NCc1ccc(-c2ncc(-c3ccc(N4CCN(C)CC4)cn3)c3[nH]nc(N)c23)cc1. The van der Waals surface area contributed by atoms with Crippen molar-refractivity contribution in [2.24, 2.45) is 0 Å². The van der Waals surface area contributed by atoms with E-state index in [-0.39, 0.29) is 12.1 Å². The first-order valence-electron chi connectivity index (χ1n) is 13.6. The van der Waals surface area contributed by atoms with Crippen LogP contribution in [0.2, 0.25) is 0 Å². The van der Waals surface area contributed by atoms with Gasteiger partial charge in [-0.2, -0.15) is 5.10 Å². The number of fused-ring (bicyclic) bond motifs is 1. The molecule has 10 nitrogen and oxygen atoms in total. The number of hydrogen-bond acceptors (Lipinski definition) is 8. The largest absolute Gasteiger partial charge is 0.496 e. The first kappa shape index (κ1) is 27.2. The Morgan fingerprint density at radius 2 is 1.83 bits per heavy atom. The number of carbonyl (C=O) groups is 1. The number of anilines is 2. The Kier molecular flexibility index (Phi) is 7.41. The molecular weight excluding hydrogens is 535 g/mol. The zero-order valence-corrected chi connectivity index (χ0v) is 23.4. The van der Waals surface area contributed by atoms with Crippen molar-refractivity contribution in [1.82, 2.24) is 30.4 Å². The molecule has 0 aliphatic carbocycles. The third-order valence-corrected chi connectivity index (χ3v) is 7.60. The van der Waals surface area contributed by atoms with Gasteiger partial charge in [0.05, 0.1) is 46.8 Å². The van der Waals surface area contributed by atoms with E-state index < -0.39 is 11.7 Å². The van der Waals surface area contributed by atoms with Crippen molar-refractivity contribution in [3.8, 4) is 28.3 Å². The normalized spacial score (nSPS) is 13.8. The number of H-pyrrole nitrogens is 1. The van der Waals surface area contributed by atoms with E-state index in [1.165, 1.54) is 19.2 Å². The van der Waals surface area contributed by atoms with E-state index in [1.807, 2.05) is 36.5 Å². The lowest BCUT2D eigenvalue weighted by Crippen LogP contribution is -2.44. The fourth-order valence-corrected chi connectivity index (χ4v) is 5.17. The lowest BCUT2D eigenvalue weighted by atomic mass is 10.0. The molecule has 4 heterocycles. The summed E-state index contributed by atoms with van der Waals surface area (Å²) >= 11 is 0. The number of benzene rings is 2. The third-order valence-electron chi connectivity index (χ3n) is 7.60. The third kappa shape index (κ3) is 5.34. The number of aromatic amines is 1. The number of halogens is 1. The first-order chi connectivity index (χ1) is 20.4. The topological polar surface area (TPSA) is 125 Å². The van der Waals surface area contributed by atoms with Crippen molar-refractivity contribution in [1.29, 1.82) is 0 Å². The Balaban J connectivity index is 1.21. The van der Waals surface area contributed by atoms with Gasteiger partial charge in [0.2, 0.25) is 0 Å². The Bertz CT molecular complexity index is 1730. The Morgan fingerprint density at radius 3 is 2.55 bits per heavy atom. The molecule has 1 aliphatic heterocycles. The number of aromatic nitrogens is 4. The van der Waals surface area contributed by atoms with E-state index in [9.17, 15) is 9.18 Å². The molecule has 1 aliphatic rings. The predicted molar refractivity (Wildman–Crippen MR) is 161 cm³/mol. The number of nitrogens with one attached hydrogen (secondary N) is 2. The van der Waals surface area contributed by atoms with Crippen molar-refractivity contribution in [2.45, 2.75) is 6.54 Å². The van der Waals surface area contributed by atoms with E-state index in [0.29, 0.717) is 17.3 Å². The Hall–Kier alpha value is -5.03. The molecule has 42 heavy (non-hydrogen) atoms. The van der Waals surface area contributed by atoms with Crippen molar-refractivity contribution in [3.63, 3.8) is 0 Å². The summed E-state index contributed by atoms with van der Waals surface area (Å²) in [5.41, 5.74) is 12.3. The van der Waals surface area contributed by atoms with Crippen LogP contribution in [0.15, 0.2) is 67.0 Å². The lowest BCUT2D eigenvalue weighted by molar-refractivity contribution is 0.0947. The van der Waals surface area contributed by atoms with Crippen LogP contribution in [-0.2, 0) is 6.54 Å². The van der Waals surface area contributed by atoms with Crippen molar-refractivity contribution in [2.75, 3.05) is 51.0 Å². The highest BCUT2D eigenvalue weighted by molar-refractivity contribution is 6.05. The van der Waals surface area contributed by atoms with Gasteiger partial charge in [-0.15, -0.1) is 0 Å². The van der Waals surface area contributed by atoms with E-state index in [1.54, 1.807) is 6.20 Å². The highest BCUT2D eigenvalue weighted by atomic mass is 19.1. The molecule has 6 rings (SSSR count). The number of nitrogens with two attached hydrogens (primary N) is 1. The van der Waals surface area contributed by atoms with Crippen molar-refractivity contribution < 1.29 is 13.9 Å². The second-order valence-electron chi connectivity index (χ2n) is 10.3. The summed E-state index contributed by atoms with van der Waals surface area (Å²) in [5, 5.41) is 10.9. The summed E-state index contributed by atoms with van der Waals surface area (Å²) in [4.78, 5) is 26.8. The Labute approximate surface area is 242 Å². The molecule has 0 spiro atoms. The quantitative estimate of drug-likeness (QED) is 0.269. The maximum absolute atomic E-state index is 13.7. The molecular formula is C31H31FN8O2. The molecule has 11 heteroatoms. The van der Waals surface area contributed by atoms with Crippen molar-refractivity contribution >= 4 is 28.3 Å². The summed E-state index contributed by atoms with van der Waals surface area (Å²) in [6.07, 6.45) is 3.69. The lowest BCUT2D eigenvalue weighted by Gasteiger charge is -2.33. The summed E-state index contributed by atoms with van der Waals surface area (Å²) in [6, 6.07) is 15.6. The molecule has 2 aromatic carbocycles. The second-order valence-corrected chi connectivity index (χ2v) is 10.3. The van der Waals surface area contributed by atoms with Crippen LogP contribution in [0.3, 0.4) is 0 Å². The molecule has 0 radical (unpaired) electrons. The number of pyridine rings is 2.